The minimum Gasteiger partial charge on any atom is -0.481 e. The maximum absolute atomic E-state index is 13.1. The van der Waals surface area contributed by atoms with E-state index in [4.69, 9.17) is 10.5 Å². The molecule has 120 valence electrons. The summed E-state index contributed by atoms with van der Waals surface area (Å²) in [4.78, 5) is 13.8. The van der Waals surface area contributed by atoms with E-state index in [9.17, 15) is 9.18 Å². The van der Waals surface area contributed by atoms with Crippen LogP contribution in [-0.2, 0) is 4.79 Å². The first-order valence-electron chi connectivity index (χ1n) is 6.62. The van der Waals surface area contributed by atoms with Crippen molar-refractivity contribution < 1.29 is 13.9 Å². The van der Waals surface area contributed by atoms with Gasteiger partial charge in [-0.1, -0.05) is 19.9 Å². The molecular formula is C15H24ClFN2O2. The molecule has 0 aliphatic rings. The normalized spacial score (nSPS) is 12.3. The Morgan fingerprint density at radius 3 is 2.62 bits per heavy atom. The van der Waals surface area contributed by atoms with Crippen molar-refractivity contribution >= 4 is 18.3 Å². The summed E-state index contributed by atoms with van der Waals surface area (Å²) in [5.74, 6) is -0.201. The molecule has 0 aliphatic heterocycles. The van der Waals surface area contributed by atoms with Crippen molar-refractivity contribution in [2.45, 2.75) is 26.9 Å². The van der Waals surface area contributed by atoms with Crippen molar-refractivity contribution in [3.63, 3.8) is 0 Å². The van der Waals surface area contributed by atoms with E-state index < -0.39 is 6.10 Å². The van der Waals surface area contributed by atoms with Crippen molar-refractivity contribution in [3.05, 3.63) is 30.1 Å². The first-order valence-corrected chi connectivity index (χ1v) is 6.62. The van der Waals surface area contributed by atoms with Crippen LogP contribution in [0.3, 0.4) is 0 Å². The van der Waals surface area contributed by atoms with E-state index in [0.717, 1.165) is 0 Å². The second-order valence-corrected chi connectivity index (χ2v) is 5.78. The van der Waals surface area contributed by atoms with Crippen LogP contribution in [0, 0.1) is 11.2 Å². The number of carbonyl (C=O) groups is 1. The van der Waals surface area contributed by atoms with Crippen molar-refractivity contribution in [3.8, 4) is 5.75 Å². The predicted molar refractivity (Wildman–Crippen MR) is 84.2 cm³/mol. The zero-order valence-electron chi connectivity index (χ0n) is 12.9. The number of rotatable bonds is 6. The van der Waals surface area contributed by atoms with Crippen molar-refractivity contribution in [1.82, 2.24) is 4.90 Å². The third kappa shape index (κ3) is 6.31. The maximum atomic E-state index is 13.1. The van der Waals surface area contributed by atoms with Crippen molar-refractivity contribution in [2.24, 2.45) is 11.1 Å². The van der Waals surface area contributed by atoms with Gasteiger partial charge in [0.1, 0.15) is 11.6 Å². The molecule has 0 saturated heterocycles. The highest BCUT2D eigenvalue weighted by molar-refractivity contribution is 5.85. The van der Waals surface area contributed by atoms with E-state index in [2.05, 4.69) is 0 Å². The van der Waals surface area contributed by atoms with Crippen LogP contribution in [0.4, 0.5) is 4.39 Å². The Labute approximate surface area is 131 Å². The van der Waals surface area contributed by atoms with Gasteiger partial charge in [-0.2, -0.15) is 0 Å². The number of ether oxygens (including phenoxy) is 1. The molecule has 0 aromatic heterocycles. The Balaban J connectivity index is 0.00000400. The SMILES string of the molecule is CC(Oc1cccc(F)c1)C(=O)N(C)CC(C)(C)CN.Cl. The monoisotopic (exact) mass is 318 g/mol. The summed E-state index contributed by atoms with van der Waals surface area (Å²) in [5, 5.41) is 0. The highest BCUT2D eigenvalue weighted by atomic mass is 35.5. The van der Waals surface area contributed by atoms with E-state index in [1.165, 1.54) is 12.1 Å². The van der Waals surface area contributed by atoms with Crippen LogP contribution >= 0.6 is 12.4 Å². The molecule has 0 radical (unpaired) electrons. The van der Waals surface area contributed by atoms with Crippen LogP contribution in [0.15, 0.2) is 24.3 Å². The molecule has 0 fully saturated rings. The van der Waals surface area contributed by atoms with Crippen LogP contribution in [0.25, 0.3) is 0 Å². The second-order valence-electron chi connectivity index (χ2n) is 5.78. The topological polar surface area (TPSA) is 55.6 Å². The van der Waals surface area contributed by atoms with Crippen LogP contribution in [0.1, 0.15) is 20.8 Å². The lowest BCUT2D eigenvalue weighted by Gasteiger charge is -2.30. The molecule has 1 unspecified atom stereocenters. The molecule has 6 heteroatoms. The smallest absolute Gasteiger partial charge is 0.263 e. The number of hydrogen-bond acceptors (Lipinski definition) is 3. The number of nitrogens with zero attached hydrogens (tertiary/aromatic N) is 1. The fourth-order valence-corrected chi connectivity index (χ4v) is 1.89. The van der Waals surface area contributed by atoms with E-state index in [1.54, 1.807) is 31.0 Å². The third-order valence-corrected chi connectivity index (χ3v) is 3.05. The van der Waals surface area contributed by atoms with Gasteiger partial charge < -0.3 is 15.4 Å². The van der Waals surface area contributed by atoms with Gasteiger partial charge in [0, 0.05) is 19.7 Å². The maximum Gasteiger partial charge on any atom is 0.263 e. The Hall–Kier alpha value is -1.33. The lowest BCUT2D eigenvalue weighted by Crippen LogP contribution is -2.44. The van der Waals surface area contributed by atoms with Crippen LogP contribution in [0.5, 0.6) is 5.75 Å². The fraction of sp³-hybridized carbons (Fsp3) is 0.533. The van der Waals surface area contributed by atoms with E-state index in [1.807, 2.05) is 13.8 Å². The van der Waals surface area contributed by atoms with Crippen molar-refractivity contribution in [2.75, 3.05) is 20.1 Å². The first kappa shape index (κ1) is 19.7. The molecule has 1 aromatic carbocycles. The molecule has 0 spiro atoms. The summed E-state index contributed by atoms with van der Waals surface area (Å²) in [5.41, 5.74) is 5.51. The molecule has 1 aromatic rings. The molecule has 4 nitrogen and oxygen atoms in total. The standard InChI is InChI=1S/C15H23FN2O2.ClH/c1-11(20-13-7-5-6-12(16)8-13)14(19)18(4)10-15(2,3)9-17;/h5-8,11H,9-10,17H2,1-4H3;1H. The van der Waals surface area contributed by atoms with Gasteiger partial charge in [0.05, 0.1) is 0 Å². The van der Waals surface area contributed by atoms with Gasteiger partial charge >= 0.3 is 0 Å². The van der Waals surface area contributed by atoms with Gasteiger partial charge in [-0.25, -0.2) is 4.39 Å². The van der Waals surface area contributed by atoms with Gasteiger partial charge in [0.2, 0.25) is 0 Å². The molecule has 0 bridgehead atoms. The Bertz CT molecular complexity index is 469. The van der Waals surface area contributed by atoms with Crippen LogP contribution < -0.4 is 10.5 Å². The lowest BCUT2D eigenvalue weighted by atomic mass is 9.93. The molecule has 21 heavy (non-hydrogen) atoms. The zero-order chi connectivity index (χ0) is 15.3. The first-order chi connectivity index (χ1) is 9.25. The van der Waals surface area contributed by atoms with Gasteiger partial charge in [-0.15, -0.1) is 12.4 Å². The van der Waals surface area contributed by atoms with E-state index >= 15 is 0 Å². The van der Waals surface area contributed by atoms with E-state index in [0.29, 0.717) is 18.8 Å². The van der Waals surface area contributed by atoms with Crippen LogP contribution in [0.2, 0.25) is 0 Å². The molecule has 1 rings (SSSR count). The Morgan fingerprint density at radius 2 is 2.10 bits per heavy atom. The number of likely N-dealkylation sites (N-methyl/N-ethyl adjacent to an activating group) is 1. The highest BCUT2D eigenvalue weighted by Crippen LogP contribution is 2.17. The number of hydrogen-bond donors (Lipinski definition) is 1. The summed E-state index contributed by atoms with van der Waals surface area (Å²) >= 11 is 0. The van der Waals surface area contributed by atoms with Crippen molar-refractivity contribution in [1.29, 1.82) is 0 Å². The zero-order valence-corrected chi connectivity index (χ0v) is 13.7. The summed E-state index contributed by atoms with van der Waals surface area (Å²) in [6.07, 6.45) is -0.671. The fourth-order valence-electron chi connectivity index (χ4n) is 1.89. The molecular weight excluding hydrogens is 295 g/mol. The quantitative estimate of drug-likeness (QED) is 0.876. The average molecular weight is 319 g/mol. The Morgan fingerprint density at radius 1 is 1.48 bits per heavy atom. The molecule has 0 saturated carbocycles. The molecule has 0 heterocycles. The van der Waals surface area contributed by atoms with Gasteiger partial charge in [-0.3, -0.25) is 4.79 Å². The summed E-state index contributed by atoms with van der Waals surface area (Å²) in [6, 6.07) is 5.75. The predicted octanol–water partition coefficient (Wildman–Crippen LogP) is 2.46. The van der Waals surface area contributed by atoms with Gasteiger partial charge in [-0.05, 0) is 31.0 Å². The molecule has 1 amide bonds. The minimum absolute atomic E-state index is 0. The molecule has 1 atom stereocenters. The van der Waals surface area contributed by atoms with Gasteiger partial charge in [0.25, 0.3) is 5.91 Å². The van der Waals surface area contributed by atoms with Crippen LogP contribution in [-0.4, -0.2) is 37.0 Å². The summed E-state index contributed by atoms with van der Waals surface area (Å²) < 4.78 is 18.5. The Kier molecular flexibility index (Phi) is 7.68. The lowest BCUT2D eigenvalue weighted by molar-refractivity contribution is -0.137. The molecule has 2 N–H and O–H groups in total. The van der Waals surface area contributed by atoms with Gasteiger partial charge in [0.15, 0.2) is 6.10 Å². The highest BCUT2D eigenvalue weighted by Gasteiger charge is 2.25. The minimum atomic E-state index is -0.671. The second kappa shape index (κ2) is 8.20. The summed E-state index contributed by atoms with van der Waals surface area (Å²) in [6.45, 7) is 6.67. The van der Waals surface area contributed by atoms with E-state index in [-0.39, 0.29) is 29.5 Å². The molecule has 0 aliphatic carbocycles. The third-order valence-electron chi connectivity index (χ3n) is 3.05. The number of benzene rings is 1. The number of halogens is 2. The largest absolute Gasteiger partial charge is 0.481 e. The number of nitrogens with two attached hydrogens (primary N) is 1. The number of carbonyl (C=O) groups excluding carboxylic acids is 1. The average Bonchev–Trinajstić information content (AvgIpc) is 2.37. The summed E-state index contributed by atoms with van der Waals surface area (Å²) in [7, 11) is 1.71. The number of amides is 1.